The molecule has 1 aromatic carbocycles. The van der Waals surface area contributed by atoms with Crippen molar-refractivity contribution in [3.05, 3.63) is 65.5 Å². The van der Waals surface area contributed by atoms with Crippen LogP contribution in [0.15, 0.2) is 48.7 Å². The number of benzene rings is 1. The lowest BCUT2D eigenvalue weighted by molar-refractivity contribution is -0.121. The number of carbonyl (C=O) groups excluding carboxylic acids is 1. The Hall–Kier alpha value is -2.24. The molecule has 5 nitrogen and oxygen atoms in total. The molecule has 0 saturated heterocycles. The van der Waals surface area contributed by atoms with Crippen LogP contribution in [-0.2, 0) is 17.8 Å². The van der Waals surface area contributed by atoms with Gasteiger partial charge >= 0.3 is 0 Å². The summed E-state index contributed by atoms with van der Waals surface area (Å²) in [6, 6.07) is 14.0. The molecule has 0 spiro atoms. The van der Waals surface area contributed by atoms with Crippen molar-refractivity contribution in [2.45, 2.75) is 74.3 Å². The molecular weight excluding hydrogens is 376 g/mol. The third-order valence-electron chi connectivity index (χ3n) is 3.18. The molecule has 1 heterocycles. The maximum Gasteiger partial charge on any atom is 0.222 e. The number of aromatic nitrogens is 1. The number of aryl methyl sites for hydroxylation is 2. The molecule has 0 radical (unpaired) electrons. The lowest BCUT2D eigenvalue weighted by atomic mass is 10.1. The van der Waals surface area contributed by atoms with Crippen molar-refractivity contribution in [3.8, 4) is 0 Å². The van der Waals surface area contributed by atoms with Gasteiger partial charge in [0.15, 0.2) is 0 Å². The minimum atomic E-state index is -0.118. The average molecular weight is 421 g/mol. The molecule has 0 atom stereocenters. The van der Waals surface area contributed by atoms with Gasteiger partial charge in [0.1, 0.15) is 0 Å². The number of pyridine rings is 1. The molecule has 0 saturated carbocycles. The van der Waals surface area contributed by atoms with Crippen LogP contribution in [0, 0.1) is 6.92 Å². The number of hydrogen-bond acceptors (Lipinski definition) is 4. The van der Waals surface area contributed by atoms with E-state index in [0.717, 1.165) is 12.0 Å². The fourth-order valence-electron chi connectivity index (χ4n) is 1.90. The zero-order valence-corrected chi connectivity index (χ0v) is 20.1. The van der Waals surface area contributed by atoms with Gasteiger partial charge in [0, 0.05) is 31.5 Å². The number of nitrogens with one attached hydrogen (secondary N) is 1. The van der Waals surface area contributed by atoms with Gasteiger partial charge in [0.25, 0.3) is 0 Å². The first kappa shape index (κ1) is 32.4. The zero-order chi connectivity index (χ0) is 23.6. The highest BCUT2D eigenvalue weighted by molar-refractivity contribution is 5.75. The predicted octanol–water partition coefficient (Wildman–Crippen LogP) is 5.08. The molecule has 1 amide bonds. The van der Waals surface area contributed by atoms with Gasteiger partial charge in [0.05, 0.1) is 6.61 Å². The number of nitrogens with zero attached hydrogens (tertiary/aromatic N) is 1. The Labute approximate surface area is 184 Å². The minimum absolute atomic E-state index is 0.0975. The molecular formula is C25H44N2O3. The fraction of sp³-hybridized carbons (Fsp3) is 0.520. The smallest absolute Gasteiger partial charge is 0.222 e. The van der Waals surface area contributed by atoms with E-state index in [1.807, 2.05) is 77.2 Å². The van der Waals surface area contributed by atoms with Gasteiger partial charge in [-0.2, -0.15) is 0 Å². The van der Waals surface area contributed by atoms with Crippen molar-refractivity contribution in [3.63, 3.8) is 0 Å². The van der Waals surface area contributed by atoms with E-state index in [1.54, 1.807) is 6.92 Å². The van der Waals surface area contributed by atoms with E-state index in [1.165, 1.54) is 17.7 Å². The molecule has 0 bridgehead atoms. The van der Waals surface area contributed by atoms with E-state index in [4.69, 9.17) is 10.2 Å². The van der Waals surface area contributed by atoms with Crippen molar-refractivity contribution < 1.29 is 15.0 Å². The second-order valence-electron chi connectivity index (χ2n) is 5.62. The molecule has 5 heteroatoms. The van der Waals surface area contributed by atoms with Crippen LogP contribution >= 0.6 is 0 Å². The van der Waals surface area contributed by atoms with Crippen molar-refractivity contribution >= 4 is 5.91 Å². The van der Waals surface area contributed by atoms with Crippen LogP contribution in [0.3, 0.4) is 0 Å². The minimum Gasteiger partial charge on any atom is -0.397 e. The lowest BCUT2D eigenvalue weighted by Gasteiger charge is -2.04. The standard InChI is InChI=1S/C11H15NO2.C8H11N.C2H6O.2C2H6/c1-9-2-4-10(5-3-9)8-12-11(14)6-7-13;1-2-5-8-6-3-4-7-9-8;1-2-3;2*1-2/h2-5,13H,6-8H2,1H3,(H,12,14);3-4,6-7H,2,5H2,1H3;3H,2H2,1H3;2*1-2H3. The van der Waals surface area contributed by atoms with Gasteiger partial charge in [-0.1, -0.05) is 76.9 Å². The summed E-state index contributed by atoms with van der Waals surface area (Å²) in [7, 11) is 0. The lowest BCUT2D eigenvalue weighted by Crippen LogP contribution is -2.23. The maximum atomic E-state index is 11.0. The number of aliphatic hydroxyl groups is 2. The SMILES string of the molecule is CC.CC.CCCc1ccccn1.CCO.Cc1ccc(CNC(=O)CCO)cc1. The van der Waals surface area contributed by atoms with E-state index in [2.05, 4.69) is 23.3 Å². The molecule has 2 rings (SSSR count). The molecule has 3 N–H and O–H groups in total. The number of carbonyl (C=O) groups is 1. The largest absolute Gasteiger partial charge is 0.397 e. The summed E-state index contributed by atoms with van der Waals surface area (Å²) in [5.41, 5.74) is 3.47. The summed E-state index contributed by atoms with van der Waals surface area (Å²) in [5.74, 6) is -0.118. The number of amides is 1. The van der Waals surface area contributed by atoms with Gasteiger partial charge in [-0.3, -0.25) is 9.78 Å². The van der Waals surface area contributed by atoms with E-state index >= 15 is 0 Å². The van der Waals surface area contributed by atoms with Crippen molar-refractivity contribution in [1.82, 2.24) is 10.3 Å². The molecule has 0 aliphatic carbocycles. The first-order valence-corrected chi connectivity index (χ1v) is 11.0. The van der Waals surface area contributed by atoms with Crippen LogP contribution in [0.5, 0.6) is 0 Å². The molecule has 0 aliphatic heterocycles. The normalized spacial score (nSPS) is 8.43. The summed E-state index contributed by atoms with van der Waals surface area (Å²) >= 11 is 0. The van der Waals surface area contributed by atoms with Crippen LogP contribution in [0.2, 0.25) is 0 Å². The molecule has 0 aliphatic rings. The average Bonchev–Trinajstić information content (AvgIpc) is 2.78. The van der Waals surface area contributed by atoms with E-state index in [0.29, 0.717) is 6.54 Å². The summed E-state index contributed by atoms with van der Waals surface area (Å²) in [6.45, 7) is 14.5. The van der Waals surface area contributed by atoms with Crippen molar-refractivity contribution in [2.24, 2.45) is 0 Å². The molecule has 2 aromatic rings. The van der Waals surface area contributed by atoms with Gasteiger partial charge < -0.3 is 15.5 Å². The summed E-state index contributed by atoms with van der Waals surface area (Å²) < 4.78 is 0. The van der Waals surface area contributed by atoms with E-state index in [-0.39, 0.29) is 25.5 Å². The third kappa shape index (κ3) is 22.1. The zero-order valence-electron chi connectivity index (χ0n) is 20.1. The van der Waals surface area contributed by atoms with E-state index in [9.17, 15) is 4.79 Å². The van der Waals surface area contributed by atoms with Crippen LogP contribution in [0.1, 0.15) is 71.2 Å². The summed E-state index contributed by atoms with van der Waals surface area (Å²) in [4.78, 5) is 15.2. The molecule has 0 fully saturated rings. The Balaban J connectivity index is -0.000000391. The van der Waals surface area contributed by atoms with Crippen molar-refractivity contribution in [2.75, 3.05) is 13.2 Å². The monoisotopic (exact) mass is 420 g/mol. The Morgan fingerprint density at radius 2 is 1.53 bits per heavy atom. The molecule has 172 valence electrons. The number of hydrogen-bond donors (Lipinski definition) is 3. The number of rotatable bonds is 6. The fourth-order valence-corrected chi connectivity index (χ4v) is 1.90. The van der Waals surface area contributed by atoms with Crippen LogP contribution in [-0.4, -0.2) is 34.3 Å². The van der Waals surface area contributed by atoms with Crippen molar-refractivity contribution in [1.29, 1.82) is 0 Å². The second kappa shape index (κ2) is 26.8. The van der Waals surface area contributed by atoms with Gasteiger partial charge in [-0.15, -0.1) is 0 Å². The highest BCUT2D eigenvalue weighted by Gasteiger charge is 1.99. The predicted molar refractivity (Wildman–Crippen MR) is 128 cm³/mol. The molecule has 1 aromatic heterocycles. The van der Waals surface area contributed by atoms with Gasteiger partial charge in [0.2, 0.25) is 5.91 Å². The van der Waals surface area contributed by atoms with Crippen LogP contribution < -0.4 is 5.32 Å². The Bertz CT molecular complexity index is 573. The van der Waals surface area contributed by atoms with Gasteiger partial charge in [-0.25, -0.2) is 0 Å². The summed E-state index contributed by atoms with van der Waals surface area (Å²) in [6.07, 6.45) is 4.29. The molecule has 30 heavy (non-hydrogen) atoms. The Morgan fingerprint density at radius 1 is 0.967 bits per heavy atom. The topological polar surface area (TPSA) is 82.5 Å². The first-order valence-electron chi connectivity index (χ1n) is 11.0. The van der Waals surface area contributed by atoms with Crippen LogP contribution in [0.25, 0.3) is 0 Å². The first-order chi connectivity index (χ1) is 14.6. The quantitative estimate of drug-likeness (QED) is 0.609. The number of aliphatic hydroxyl groups excluding tert-OH is 2. The highest BCUT2D eigenvalue weighted by Crippen LogP contribution is 2.02. The molecule has 0 unspecified atom stereocenters. The maximum absolute atomic E-state index is 11.0. The third-order valence-corrected chi connectivity index (χ3v) is 3.18. The van der Waals surface area contributed by atoms with Gasteiger partial charge in [-0.05, 0) is 38.0 Å². The van der Waals surface area contributed by atoms with Crippen LogP contribution in [0.4, 0.5) is 0 Å². The second-order valence-corrected chi connectivity index (χ2v) is 5.62. The highest BCUT2D eigenvalue weighted by atomic mass is 16.3. The Morgan fingerprint density at radius 3 is 1.97 bits per heavy atom. The summed E-state index contributed by atoms with van der Waals surface area (Å²) in [5, 5.41) is 18.8. The Kier molecular flexibility index (Phi) is 28.9. The van der Waals surface area contributed by atoms with E-state index < -0.39 is 0 Å².